The summed E-state index contributed by atoms with van der Waals surface area (Å²) in [6.45, 7) is 3.92. The smallest absolute Gasteiger partial charge is 0.341 e. The predicted octanol–water partition coefficient (Wildman–Crippen LogP) is 2.77. The lowest BCUT2D eigenvalue weighted by Gasteiger charge is -2.05. The van der Waals surface area contributed by atoms with Crippen molar-refractivity contribution < 1.29 is 9.53 Å². The highest BCUT2D eigenvalue weighted by atomic mass is 35.5. The van der Waals surface area contributed by atoms with E-state index in [-0.39, 0.29) is 10.7 Å². The van der Waals surface area contributed by atoms with Gasteiger partial charge in [-0.2, -0.15) is 0 Å². The molecule has 0 N–H and O–H groups in total. The minimum Gasteiger partial charge on any atom is -0.462 e. The van der Waals surface area contributed by atoms with Gasteiger partial charge in [0.2, 0.25) is 0 Å². The van der Waals surface area contributed by atoms with Gasteiger partial charge in [0.15, 0.2) is 5.65 Å². The SMILES string of the molecule is CCOC(=O)c1cc2ccc(C)nc2nc1Cl. The van der Waals surface area contributed by atoms with Gasteiger partial charge in [-0.15, -0.1) is 0 Å². The summed E-state index contributed by atoms with van der Waals surface area (Å²) >= 11 is 5.93. The van der Waals surface area contributed by atoms with Crippen molar-refractivity contribution in [1.29, 1.82) is 0 Å². The van der Waals surface area contributed by atoms with Crippen LogP contribution in [0.5, 0.6) is 0 Å². The lowest BCUT2D eigenvalue weighted by molar-refractivity contribution is 0.0526. The zero-order chi connectivity index (χ0) is 12.4. The van der Waals surface area contributed by atoms with E-state index in [0.29, 0.717) is 12.3 Å². The number of fused-ring (bicyclic) bond motifs is 1. The standard InChI is InChI=1S/C12H11ClN2O2/c1-3-17-12(16)9-6-8-5-4-7(2)14-11(8)15-10(9)13/h4-6H,3H2,1-2H3. The fourth-order valence-electron chi connectivity index (χ4n) is 1.48. The predicted molar refractivity (Wildman–Crippen MR) is 65.2 cm³/mol. The Morgan fingerprint density at radius 1 is 1.41 bits per heavy atom. The highest BCUT2D eigenvalue weighted by molar-refractivity contribution is 6.32. The molecule has 4 nitrogen and oxygen atoms in total. The molecule has 0 radical (unpaired) electrons. The summed E-state index contributed by atoms with van der Waals surface area (Å²) in [5, 5.41) is 0.886. The molecule has 0 aliphatic rings. The molecular formula is C12H11ClN2O2. The van der Waals surface area contributed by atoms with E-state index in [1.54, 1.807) is 13.0 Å². The summed E-state index contributed by atoms with van der Waals surface area (Å²) in [7, 11) is 0. The van der Waals surface area contributed by atoms with Crippen molar-refractivity contribution in [3.05, 3.63) is 34.6 Å². The van der Waals surface area contributed by atoms with Gasteiger partial charge in [-0.25, -0.2) is 14.8 Å². The molecule has 0 spiro atoms. The van der Waals surface area contributed by atoms with Crippen molar-refractivity contribution in [2.75, 3.05) is 6.61 Å². The van der Waals surface area contributed by atoms with E-state index in [9.17, 15) is 4.79 Å². The average molecular weight is 251 g/mol. The first kappa shape index (κ1) is 11.8. The fraction of sp³-hybridized carbons (Fsp3) is 0.250. The van der Waals surface area contributed by atoms with Crippen LogP contribution < -0.4 is 0 Å². The Bertz CT molecular complexity index is 584. The third-order valence-corrected chi connectivity index (χ3v) is 2.55. The maximum atomic E-state index is 11.6. The first-order chi connectivity index (χ1) is 8.11. The van der Waals surface area contributed by atoms with Gasteiger partial charge < -0.3 is 4.74 Å². The van der Waals surface area contributed by atoms with Crippen LogP contribution in [0.15, 0.2) is 18.2 Å². The minimum absolute atomic E-state index is 0.119. The summed E-state index contributed by atoms with van der Waals surface area (Å²) in [5.41, 5.74) is 1.65. The normalized spacial score (nSPS) is 10.5. The Balaban J connectivity index is 2.55. The molecule has 0 saturated heterocycles. The van der Waals surface area contributed by atoms with Gasteiger partial charge in [-0.3, -0.25) is 0 Å². The molecule has 0 fully saturated rings. The summed E-state index contributed by atoms with van der Waals surface area (Å²) in [6.07, 6.45) is 0. The van der Waals surface area contributed by atoms with Crippen LogP contribution in [0.1, 0.15) is 23.0 Å². The zero-order valence-corrected chi connectivity index (χ0v) is 10.3. The third kappa shape index (κ3) is 2.36. The number of nitrogens with zero attached hydrogens (tertiary/aromatic N) is 2. The fourth-order valence-corrected chi connectivity index (χ4v) is 1.69. The molecule has 0 aliphatic carbocycles. The number of ether oxygens (including phenoxy) is 1. The minimum atomic E-state index is -0.465. The Labute approximate surface area is 104 Å². The quantitative estimate of drug-likeness (QED) is 0.608. The molecule has 0 aliphatic heterocycles. The van der Waals surface area contributed by atoms with Gasteiger partial charge in [-0.05, 0) is 32.0 Å². The number of hydrogen-bond donors (Lipinski definition) is 0. The molecule has 2 aromatic rings. The number of hydrogen-bond acceptors (Lipinski definition) is 4. The van der Waals surface area contributed by atoms with Gasteiger partial charge >= 0.3 is 5.97 Å². The van der Waals surface area contributed by atoms with Gasteiger partial charge in [0.1, 0.15) is 5.15 Å². The van der Waals surface area contributed by atoms with Crippen LogP contribution in [0.4, 0.5) is 0 Å². The summed E-state index contributed by atoms with van der Waals surface area (Å²) in [4.78, 5) is 19.9. The van der Waals surface area contributed by atoms with Gasteiger partial charge in [0.05, 0.1) is 12.2 Å². The van der Waals surface area contributed by atoms with E-state index >= 15 is 0 Å². The van der Waals surface area contributed by atoms with E-state index in [4.69, 9.17) is 16.3 Å². The number of esters is 1. The van der Waals surface area contributed by atoms with Crippen LogP contribution in [0.25, 0.3) is 11.0 Å². The van der Waals surface area contributed by atoms with Gasteiger partial charge in [0.25, 0.3) is 0 Å². The maximum absolute atomic E-state index is 11.6. The lowest BCUT2D eigenvalue weighted by atomic mass is 10.2. The molecule has 0 saturated carbocycles. The van der Waals surface area contributed by atoms with E-state index < -0.39 is 5.97 Å². The Kier molecular flexibility index (Phi) is 3.24. The van der Waals surface area contributed by atoms with Crippen LogP contribution in [-0.4, -0.2) is 22.5 Å². The monoisotopic (exact) mass is 250 g/mol. The van der Waals surface area contributed by atoms with Gasteiger partial charge in [-0.1, -0.05) is 11.6 Å². The second kappa shape index (κ2) is 4.67. The van der Waals surface area contributed by atoms with Crippen molar-refractivity contribution >= 4 is 28.6 Å². The first-order valence-electron chi connectivity index (χ1n) is 5.23. The maximum Gasteiger partial charge on any atom is 0.341 e. The summed E-state index contributed by atoms with van der Waals surface area (Å²) < 4.78 is 4.90. The molecule has 0 aromatic carbocycles. The average Bonchev–Trinajstić information content (AvgIpc) is 2.28. The second-order valence-corrected chi connectivity index (χ2v) is 3.90. The van der Waals surface area contributed by atoms with E-state index in [1.165, 1.54) is 0 Å². The van der Waals surface area contributed by atoms with E-state index in [2.05, 4.69) is 9.97 Å². The molecule has 0 amide bonds. The highest BCUT2D eigenvalue weighted by Gasteiger charge is 2.14. The Hall–Kier alpha value is -1.68. The largest absolute Gasteiger partial charge is 0.462 e. The number of aromatic nitrogens is 2. The molecule has 5 heteroatoms. The number of carbonyl (C=O) groups is 1. The van der Waals surface area contributed by atoms with Crippen LogP contribution >= 0.6 is 11.6 Å². The van der Waals surface area contributed by atoms with Crippen molar-refractivity contribution in [2.24, 2.45) is 0 Å². The summed E-state index contributed by atoms with van der Waals surface area (Å²) in [5.74, 6) is -0.465. The van der Waals surface area contributed by atoms with Crippen molar-refractivity contribution in [2.45, 2.75) is 13.8 Å². The highest BCUT2D eigenvalue weighted by Crippen LogP contribution is 2.20. The summed E-state index contributed by atoms with van der Waals surface area (Å²) in [6, 6.07) is 5.35. The Morgan fingerprint density at radius 2 is 2.18 bits per heavy atom. The van der Waals surface area contributed by atoms with Crippen molar-refractivity contribution in [3.63, 3.8) is 0 Å². The number of aryl methyl sites for hydroxylation is 1. The lowest BCUT2D eigenvalue weighted by Crippen LogP contribution is -2.06. The molecular weight excluding hydrogens is 240 g/mol. The van der Waals surface area contributed by atoms with Gasteiger partial charge in [0, 0.05) is 11.1 Å². The van der Waals surface area contributed by atoms with Crippen LogP contribution in [0.3, 0.4) is 0 Å². The van der Waals surface area contributed by atoms with Crippen molar-refractivity contribution in [3.8, 4) is 0 Å². The van der Waals surface area contributed by atoms with E-state index in [1.807, 2.05) is 19.1 Å². The van der Waals surface area contributed by atoms with Crippen LogP contribution in [0, 0.1) is 6.92 Å². The van der Waals surface area contributed by atoms with E-state index in [0.717, 1.165) is 11.1 Å². The number of rotatable bonds is 2. The molecule has 2 rings (SSSR count). The molecule has 17 heavy (non-hydrogen) atoms. The molecule has 88 valence electrons. The molecule has 2 heterocycles. The number of pyridine rings is 2. The third-order valence-electron chi connectivity index (χ3n) is 2.27. The Morgan fingerprint density at radius 3 is 2.88 bits per heavy atom. The second-order valence-electron chi connectivity index (χ2n) is 3.55. The molecule has 0 bridgehead atoms. The molecule has 0 unspecified atom stereocenters. The number of halogens is 1. The van der Waals surface area contributed by atoms with Crippen LogP contribution in [0.2, 0.25) is 5.15 Å². The van der Waals surface area contributed by atoms with Crippen LogP contribution in [-0.2, 0) is 4.74 Å². The molecule has 2 aromatic heterocycles. The first-order valence-corrected chi connectivity index (χ1v) is 5.60. The zero-order valence-electron chi connectivity index (χ0n) is 9.53. The van der Waals surface area contributed by atoms with Crippen molar-refractivity contribution in [1.82, 2.24) is 9.97 Å². The molecule has 0 atom stereocenters. The topological polar surface area (TPSA) is 52.1 Å². The number of carbonyl (C=O) groups excluding carboxylic acids is 1.